The first kappa shape index (κ1) is 19.4. The number of nitrogens with two attached hydrogens (primary N) is 1. The first-order chi connectivity index (χ1) is 14.9. The van der Waals surface area contributed by atoms with Crippen molar-refractivity contribution in [1.82, 2.24) is 30.7 Å². The van der Waals surface area contributed by atoms with E-state index in [4.69, 9.17) is 10.2 Å². The Morgan fingerprint density at radius 2 is 2.03 bits per heavy atom. The predicted octanol–water partition coefficient (Wildman–Crippen LogP) is 1.47. The third kappa shape index (κ3) is 3.84. The summed E-state index contributed by atoms with van der Waals surface area (Å²) in [6.45, 7) is 1.77. The van der Waals surface area contributed by atoms with E-state index < -0.39 is 10.8 Å². The minimum absolute atomic E-state index is 0.00513. The molecule has 3 aromatic heterocycles. The summed E-state index contributed by atoms with van der Waals surface area (Å²) >= 11 is 0. The van der Waals surface area contributed by atoms with Crippen LogP contribution < -0.4 is 11.2 Å². The van der Waals surface area contributed by atoms with Gasteiger partial charge in [0.1, 0.15) is 17.2 Å². The molecule has 0 saturated heterocycles. The maximum Gasteiger partial charge on any atom is 0.294 e. The number of nitrogens with zero attached hydrogens (tertiary/aromatic N) is 7. The largest absolute Gasteiger partial charge is 0.460 e. The van der Waals surface area contributed by atoms with Gasteiger partial charge in [0.2, 0.25) is 11.6 Å². The van der Waals surface area contributed by atoms with Crippen molar-refractivity contribution < 1.29 is 18.8 Å². The zero-order valence-corrected chi connectivity index (χ0v) is 15.8. The van der Waals surface area contributed by atoms with E-state index in [0.29, 0.717) is 17.1 Å². The maximum absolute atomic E-state index is 12.7. The third-order valence-corrected chi connectivity index (χ3v) is 4.05. The standard InChI is InChI=1S/C17H13N9O5/c1-9-2-7-12(30-9)8-19-21-17(27)13-14(10-3-5-11(6-4-10)26(28)29)25(24-20-13)16-15(18)22-31-23-16/h2-8H,1H3,(H2,18,22)(H,21,27)/b19-8+. The van der Waals surface area contributed by atoms with Crippen molar-refractivity contribution >= 4 is 23.6 Å². The summed E-state index contributed by atoms with van der Waals surface area (Å²) in [4.78, 5) is 23.1. The van der Waals surface area contributed by atoms with Crippen LogP contribution in [-0.2, 0) is 0 Å². The molecule has 1 amide bonds. The minimum Gasteiger partial charge on any atom is -0.460 e. The molecule has 3 N–H and O–H groups in total. The normalized spacial score (nSPS) is 11.1. The lowest BCUT2D eigenvalue weighted by molar-refractivity contribution is -0.384. The second-order valence-corrected chi connectivity index (χ2v) is 6.12. The van der Waals surface area contributed by atoms with Crippen LogP contribution in [-0.4, -0.2) is 42.4 Å². The van der Waals surface area contributed by atoms with Gasteiger partial charge in [0, 0.05) is 17.7 Å². The average Bonchev–Trinajstić information content (AvgIpc) is 3.47. The number of aryl methyl sites for hydroxylation is 1. The molecule has 0 unspecified atom stereocenters. The topological polar surface area (TPSA) is 193 Å². The van der Waals surface area contributed by atoms with Crippen molar-refractivity contribution in [2.75, 3.05) is 5.73 Å². The Hall–Kier alpha value is -4.88. The summed E-state index contributed by atoms with van der Waals surface area (Å²) in [5.74, 6) is 0.336. The van der Waals surface area contributed by atoms with E-state index in [2.05, 4.69) is 35.8 Å². The number of hydrazone groups is 1. The number of amides is 1. The molecule has 0 spiro atoms. The quantitative estimate of drug-likeness (QED) is 0.260. The van der Waals surface area contributed by atoms with Crippen LogP contribution in [0, 0.1) is 17.0 Å². The van der Waals surface area contributed by atoms with Crippen molar-refractivity contribution in [2.45, 2.75) is 6.92 Å². The molecule has 4 aromatic rings. The molecule has 0 saturated carbocycles. The van der Waals surface area contributed by atoms with Gasteiger partial charge in [-0.05, 0) is 41.5 Å². The van der Waals surface area contributed by atoms with Gasteiger partial charge in [-0.3, -0.25) is 14.9 Å². The van der Waals surface area contributed by atoms with Gasteiger partial charge in [0.15, 0.2) is 5.69 Å². The summed E-state index contributed by atoms with van der Waals surface area (Å²) in [6.07, 6.45) is 1.32. The van der Waals surface area contributed by atoms with E-state index in [1.807, 2.05) is 0 Å². The molecule has 1 aromatic carbocycles. The molecule has 156 valence electrons. The second kappa shape index (κ2) is 7.86. The highest BCUT2D eigenvalue weighted by molar-refractivity contribution is 5.98. The number of furan rings is 1. The molecule has 4 rings (SSSR count). The Kier molecular flexibility index (Phi) is 4.93. The van der Waals surface area contributed by atoms with Crippen LogP contribution in [0.1, 0.15) is 22.0 Å². The highest BCUT2D eigenvalue weighted by Crippen LogP contribution is 2.28. The van der Waals surface area contributed by atoms with Crippen LogP contribution in [0.25, 0.3) is 17.1 Å². The number of rotatable bonds is 6. The molecular formula is C17H13N9O5. The Bertz CT molecular complexity index is 1290. The maximum atomic E-state index is 12.7. The summed E-state index contributed by atoms with van der Waals surface area (Å²) in [5, 5.41) is 29.7. The number of carbonyl (C=O) groups excluding carboxylic acids is 1. The molecule has 0 aliphatic heterocycles. The van der Waals surface area contributed by atoms with E-state index in [0.717, 1.165) is 4.68 Å². The number of nitrogens with one attached hydrogen (secondary N) is 1. The molecular weight excluding hydrogens is 410 g/mol. The van der Waals surface area contributed by atoms with Gasteiger partial charge in [-0.2, -0.15) is 9.78 Å². The fourth-order valence-electron chi connectivity index (χ4n) is 2.65. The molecule has 0 aliphatic rings. The smallest absolute Gasteiger partial charge is 0.294 e. The average molecular weight is 423 g/mol. The number of hydrogen-bond donors (Lipinski definition) is 2. The minimum atomic E-state index is -0.700. The molecule has 14 heteroatoms. The summed E-state index contributed by atoms with van der Waals surface area (Å²) < 4.78 is 11.1. The molecule has 31 heavy (non-hydrogen) atoms. The van der Waals surface area contributed by atoms with Crippen LogP contribution in [0.2, 0.25) is 0 Å². The van der Waals surface area contributed by atoms with Crippen LogP contribution in [0.4, 0.5) is 11.5 Å². The number of anilines is 1. The van der Waals surface area contributed by atoms with Crippen molar-refractivity contribution in [2.24, 2.45) is 5.10 Å². The van der Waals surface area contributed by atoms with E-state index in [1.165, 1.54) is 30.5 Å². The van der Waals surface area contributed by atoms with E-state index in [-0.39, 0.29) is 28.7 Å². The van der Waals surface area contributed by atoms with Crippen LogP contribution >= 0.6 is 0 Å². The summed E-state index contributed by atoms with van der Waals surface area (Å²) in [6, 6.07) is 8.85. The van der Waals surface area contributed by atoms with Gasteiger partial charge in [0.05, 0.1) is 11.1 Å². The number of hydrogen-bond acceptors (Lipinski definition) is 11. The highest BCUT2D eigenvalue weighted by Gasteiger charge is 2.25. The SMILES string of the molecule is Cc1ccc(/C=N/NC(=O)c2nnn(-c3nonc3N)c2-c2ccc([N+](=O)[O-])cc2)o1. The number of benzene rings is 1. The van der Waals surface area contributed by atoms with Gasteiger partial charge in [-0.1, -0.05) is 5.21 Å². The van der Waals surface area contributed by atoms with Crippen molar-refractivity contribution in [3.63, 3.8) is 0 Å². The molecule has 0 atom stereocenters. The zero-order chi connectivity index (χ0) is 22.0. The van der Waals surface area contributed by atoms with Gasteiger partial charge >= 0.3 is 0 Å². The van der Waals surface area contributed by atoms with E-state index >= 15 is 0 Å². The number of aromatic nitrogens is 5. The number of carbonyl (C=O) groups is 1. The molecule has 0 bridgehead atoms. The number of nitro groups is 1. The lowest BCUT2D eigenvalue weighted by atomic mass is 10.1. The summed E-state index contributed by atoms with van der Waals surface area (Å²) in [5.41, 5.74) is 8.33. The molecule has 0 aliphatic carbocycles. The monoisotopic (exact) mass is 423 g/mol. The van der Waals surface area contributed by atoms with Gasteiger partial charge in [0.25, 0.3) is 11.6 Å². The molecule has 3 heterocycles. The fraction of sp³-hybridized carbons (Fsp3) is 0.0588. The Morgan fingerprint density at radius 3 is 2.65 bits per heavy atom. The van der Waals surface area contributed by atoms with E-state index in [1.54, 1.807) is 19.1 Å². The lowest BCUT2D eigenvalue weighted by Crippen LogP contribution is -2.19. The Labute approximate surface area is 172 Å². The Morgan fingerprint density at radius 1 is 1.26 bits per heavy atom. The second-order valence-electron chi connectivity index (χ2n) is 6.12. The number of nitro benzene ring substituents is 1. The highest BCUT2D eigenvalue weighted by atomic mass is 16.6. The fourth-order valence-corrected chi connectivity index (χ4v) is 2.65. The van der Waals surface area contributed by atoms with Crippen molar-refractivity contribution in [3.8, 4) is 17.1 Å². The molecule has 14 nitrogen and oxygen atoms in total. The molecule has 0 fully saturated rings. The van der Waals surface area contributed by atoms with E-state index in [9.17, 15) is 14.9 Å². The van der Waals surface area contributed by atoms with Crippen LogP contribution in [0.3, 0.4) is 0 Å². The van der Waals surface area contributed by atoms with Crippen LogP contribution in [0.15, 0.2) is 50.5 Å². The first-order valence-electron chi connectivity index (χ1n) is 8.63. The van der Waals surface area contributed by atoms with Gasteiger partial charge in [-0.25, -0.2) is 10.1 Å². The van der Waals surface area contributed by atoms with Gasteiger partial charge < -0.3 is 10.2 Å². The first-order valence-corrected chi connectivity index (χ1v) is 8.63. The number of nitrogen functional groups attached to an aromatic ring is 1. The predicted molar refractivity (Wildman–Crippen MR) is 104 cm³/mol. The summed E-state index contributed by atoms with van der Waals surface area (Å²) in [7, 11) is 0. The third-order valence-electron chi connectivity index (χ3n) is 4.05. The molecule has 0 radical (unpaired) electrons. The Balaban J connectivity index is 1.71. The van der Waals surface area contributed by atoms with Crippen molar-refractivity contribution in [1.29, 1.82) is 0 Å². The number of non-ortho nitro benzene ring substituents is 1. The van der Waals surface area contributed by atoms with Crippen molar-refractivity contribution in [3.05, 3.63) is 63.7 Å². The van der Waals surface area contributed by atoms with Crippen LogP contribution in [0.5, 0.6) is 0 Å². The van der Waals surface area contributed by atoms with Gasteiger partial charge in [-0.15, -0.1) is 5.10 Å². The lowest BCUT2D eigenvalue weighted by Gasteiger charge is -2.05. The zero-order valence-electron chi connectivity index (χ0n) is 15.8.